The quantitative estimate of drug-likeness (QED) is 0.600. The molecule has 0 aliphatic carbocycles. The average molecular weight is 385 g/mol. The van der Waals surface area contributed by atoms with E-state index in [2.05, 4.69) is 10.2 Å². The highest BCUT2D eigenvalue weighted by Gasteiger charge is 2.14. The Morgan fingerprint density at radius 1 is 1.11 bits per heavy atom. The molecular formula is C20H23N3O3S. The highest BCUT2D eigenvalue weighted by Crippen LogP contribution is 2.25. The number of thioether (sulfide) groups is 1. The number of ether oxygens (including phenoxy) is 2. The van der Waals surface area contributed by atoms with Crippen LogP contribution < -0.4 is 9.47 Å². The van der Waals surface area contributed by atoms with Gasteiger partial charge in [-0.25, -0.2) is 0 Å². The summed E-state index contributed by atoms with van der Waals surface area (Å²) in [6.45, 7) is 2.24. The summed E-state index contributed by atoms with van der Waals surface area (Å²) >= 11 is 1.45. The summed E-state index contributed by atoms with van der Waals surface area (Å²) in [6.07, 6.45) is -0.600. The molecule has 0 bridgehead atoms. The molecule has 6 nitrogen and oxygen atoms in total. The Kier molecular flexibility index (Phi) is 6.36. The van der Waals surface area contributed by atoms with Gasteiger partial charge < -0.3 is 19.1 Å². The number of methoxy groups -OCH3 is 1. The van der Waals surface area contributed by atoms with Crippen LogP contribution in [0, 0.1) is 6.92 Å². The molecule has 0 aliphatic rings. The molecule has 0 aliphatic heterocycles. The van der Waals surface area contributed by atoms with Gasteiger partial charge in [-0.15, -0.1) is 10.2 Å². The summed E-state index contributed by atoms with van der Waals surface area (Å²) in [5.74, 6) is 2.80. The molecule has 1 heterocycles. The average Bonchev–Trinajstić information content (AvgIpc) is 3.05. The molecule has 0 radical (unpaired) electrons. The normalized spacial score (nSPS) is 12.0. The number of aliphatic hydroxyl groups excluding tert-OH is 1. The molecule has 3 rings (SSSR count). The minimum atomic E-state index is -0.600. The Morgan fingerprint density at radius 3 is 2.59 bits per heavy atom. The summed E-state index contributed by atoms with van der Waals surface area (Å²) in [7, 11) is 3.55. The van der Waals surface area contributed by atoms with Crippen molar-refractivity contribution < 1.29 is 14.6 Å². The predicted molar refractivity (Wildman–Crippen MR) is 106 cm³/mol. The highest BCUT2D eigenvalue weighted by atomic mass is 32.2. The number of hydrogen-bond donors (Lipinski definition) is 1. The number of benzene rings is 2. The number of hydrogen-bond acceptors (Lipinski definition) is 6. The van der Waals surface area contributed by atoms with Crippen LogP contribution in [0.3, 0.4) is 0 Å². The van der Waals surface area contributed by atoms with Crippen molar-refractivity contribution in [1.29, 1.82) is 0 Å². The third-order valence-corrected chi connectivity index (χ3v) is 5.19. The Labute approximate surface area is 163 Å². The lowest BCUT2D eigenvalue weighted by atomic mass is 10.2. The fourth-order valence-corrected chi connectivity index (χ4v) is 3.36. The van der Waals surface area contributed by atoms with Gasteiger partial charge in [0.1, 0.15) is 18.1 Å². The van der Waals surface area contributed by atoms with Crippen LogP contribution in [0.25, 0.3) is 11.4 Å². The maximum absolute atomic E-state index is 10.2. The second-order valence-electron chi connectivity index (χ2n) is 6.19. The second kappa shape index (κ2) is 8.92. The molecule has 0 fully saturated rings. The van der Waals surface area contributed by atoms with E-state index in [1.807, 2.05) is 67.1 Å². The Bertz CT molecular complexity index is 880. The van der Waals surface area contributed by atoms with Crippen molar-refractivity contribution in [3.05, 3.63) is 54.1 Å². The van der Waals surface area contributed by atoms with Gasteiger partial charge in [0.05, 0.1) is 13.2 Å². The minimum Gasteiger partial charge on any atom is -0.497 e. The monoisotopic (exact) mass is 385 g/mol. The third kappa shape index (κ3) is 5.02. The smallest absolute Gasteiger partial charge is 0.191 e. The highest BCUT2D eigenvalue weighted by molar-refractivity contribution is 7.99. The van der Waals surface area contributed by atoms with Crippen LogP contribution in [-0.2, 0) is 7.05 Å². The summed E-state index contributed by atoms with van der Waals surface area (Å²) in [5.41, 5.74) is 2.09. The summed E-state index contributed by atoms with van der Waals surface area (Å²) in [6, 6.07) is 15.5. The zero-order chi connectivity index (χ0) is 19.2. The van der Waals surface area contributed by atoms with E-state index in [4.69, 9.17) is 9.47 Å². The van der Waals surface area contributed by atoms with E-state index in [-0.39, 0.29) is 6.61 Å². The van der Waals surface area contributed by atoms with E-state index in [0.29, 0.717) is 5.75 Å². The third-order valence-electron chi connectivity index (χ3n) is 4.02. The van der Waals surface area contributed by atoms with Gasteiger partial charge in [0.25, 0.3) is 0 Å². The van der Waals surface area contributed by atoms with E-state index < -0.39 is 6.10 Å². The molecule has 1 unspecified atom stereocenters. The fraction of sp³-hybridized carbons (Fsp3) is 0.300. The van der Waals surface area contributed by atoms with Gasteiger partial charge in [-0.3, -0.25) is 0 Å². The minimum absolute atomic E-state index is 0.236. The van der Waals surface area contributed by atoms with Crippen molar-refractivity contribution in [3.8, 4) is 22.9 Å². The molecule has 27 heavy (non-hydrogen) atoms. The van der Waals surface area contributed by atoms with Crippen LogP contribution in [0.1, 0.15) is 5.56 Å². The van der Waals surface area contributed by atoms with Crippen LogP contribution in [0.5, 0.6) is 11.5 Å². The van der Waals surface area contributed by atoms with Gasteiger partial charge in [0.15, 0.2) is 11.0 Å². The first kappa shape index (κ1) is 19.3. The molecule has 1 N–H and O–H groups in total. The maximum Gasteiger partial charge on any atom is 0.191 e. The first-order chi connectivity index (χ1) is 13.1. The van der Waals surface area contributed by atoms with Gasteiger partial charge in [-0.2, -0.15) is 0 Å². The molecule has 142 valence electrons. The van der Waals surface area contributed by atoms with E-state index in [1.54, 1.807) is 7.11 Å². The molecule has 0 saturated heterocycles. The summed E-state index contributed by atoms with van der Waals surface area (Å²) in [5, 5.41) is 19.4. The lowest BCUT2D eigenvalue weighted by Crippen LogP contribution is -2.20. The van der Waals surface area contributed by atoms with Crippen molar-refractivity contribution in [2.24, 2.45) is 7.05 Å². The van der Waals surface area contributed by atoms with Crippen LogP contribution >= 0.6 is 11.8 Å². The Morgan fingerprint density at radius 2 is 1.89 bits per heavy atom. The molecule has 0 saturated carbocycles. The van der Waals surface area contributed by atoms with Gasteiger partial charge in [-0.05, 0) is 48.9 Å². The number of rotatable bonds is 8. The van der Waals surface area contributed by atoms with E-state index in [0.717, 1.165) is 33.6 Å². The second-order valence-corrected chi connectivity index (χ2v) is 7.17. The summed E-state index contributed by atoms with van der Waals surface area (Å²) < 4.78 is 12.7. The largest absolute Gasteiger partial charge is 0.497 e. The Hall–Kier alpha value is -2.51. The lowest BCUT2D eigenvalue weighted by molar-refractivity contribution is 0.126. The molecule has 1 atom stereocenters. The van der Waals surface area contributed by atoms with Gasteiger partial charge in [-0.1, -0.05) is 23.9 Å². The first-order valence-electron chi connectivity index (χ1n) is 8.61. The molecule has 1 aromatic heterocycles. The SMILES string of the molecule is COc1ccc(-c2nnc(SCC(O)COc3cccc(C)c3)n2C)cc1. The molecule has 7 heteroatoms. The molecule has 3 aromatic rings. The van der Waals surface area contributed by atoms with Crippen molar-refractivity contribution in [2.75, 3.05) is 19.5 Å². The van der Waals surface area contributed by atoms with Gasteiger partial charge in [0, 0.05) is 18.4 Å². The van der Waals surface area contributed by atoms with Crippen molar-refractivity contribution in [1.82, 2.24) is 14.8 Å². The Balaban J connectivity index is 1.55. The zero-order valence-corrected chi connectivity index (χ0v) is 16.4. The molecule has 2 aromatic carbocycles. The van der Waals surface area contributed by atoms with E-state index in [9.17, 15) is 5.11 Å². The van der Waals surface area contributed by atoms with E-state index in [1.165, 1.54) is 11.8 Å². The molecule has 0 spiro atoms. The number of nitrogens with zero attached hydrogens (tertiary/aromatic N) is 3. The number of aryl methyl sites for hydroxylation is 1. The number of aliphatic hydroxyl groups is 1. The standard InChI is InChI=1S/C20H23N3O3S/c1-14-5-4-6-18(11-14)26-12-16(24)13-27-20-22-21-19(23(20)2)15-7-9-17(25-3)10-8-15/h4-11,16,24H,12-13H2,1-3H3. The van der Waals surface area contributed by atoms with E-state index >= 15 is 0 Å². The van der Waals surface area contributed by atoms with Crippen molar-refractivity contribution in [3.63, 3.8) is 0 Å². The van der Waals surface area contributed by atoms with Gasteiger partial charge in [0.2, 0.25) is 0 Å². The van der Waals surface area contributed by atoms with Crippen LogP contribution in [0.2, 0.25) is 0 Å². The van der Waals surface area contributed by atoms with Crippen molar-refractivity contribution in [2.45, 2.75) is 18.2 Å². The van der Waals surface area contributed by atoms with Crippen molar-refractivity contribution >= 4 is 11.8 Å². The predicted octanol–water partition coefficient (Wildman–Crippen LogP) is 3.33. The van der Waals surface area contributed by atoms with Crippen LogP contribution in [-0.4, -0.2) is 45.4 Å². The topological polar surface area (TPSA) is 69.4 Å². The zero-order valence-electron chi connectivity index (χ0n) is 15.6. The summed E-state index contributed by atoms with van der Waals surface area (Å²) in [4.78, 5) is 0. The molecular weight excluding hydrogens is 362 g/mol. The first-order valence-corrected chi connectivity index (χ1v) is 9.59. The van der Waals surface area contributed by atoms with Crippen LogP contribution in [0.15, 0.2) is 53.7 Å². The lowest BCUT2D eigenvalue weighted by Gasteiger charge is -2.12. The number of aromatic nitrogens is 3. The molecule has 0 amide bonds. The van der Waals surface area contributed by atoms with Gasteiger partial charge >= 0.3 is 0 Å². The fourth-order valence-electron chi connectivity index (χ4n) is 2.55. The maximum atomic E-state index is 10.2. The van der Waals surface area contributed by atoms with Crippen LogP contribution in [0.4, 0.5) is 0 Å².